The minimum absolute atomic E-state index is 0.0423. The van der Waals surface area contributed by atoms with Crippen LogP contribution in [0.5, 0.6) is 0 Å². The molecule has 152 valence electrons. The van der Waals surface area contributed by atoms with Crippen LogP contribution in [-0.2, 0) is 11.2 Å². The number of aromatic nitrogens is 2. The Morgan fingerprint density at radius 2 is 1.86 bits per heavy atom. The van der Waals surface area contributed by atoms with Crippen molar-refractivity contribution in [3.63, 3.8) is 0 Å². The van der Waals surface area contributed by atoms with Crippen LogP contribution in [0.15, 0.2) is 29.1 Å². The summed E-state index contributed by atoms with van der Waals surface area (Å²) < 4.78 is 7.23. The number of fused-ring (bicyclic) bond motifs is 1. The molecule has 1 aliphatic heterocycles. The molecule has 0 radical (unpaired) electrons. The van der Waals surface area contributed by atoms with Gasteiger partial charge >= 0.3 is 6.09 Å². The number of carbonyl (C=O) groups is 1. The topological polar surface area (TPSA) is 64.4 Å². The second-order valence-corrected chi connectivity index (χ2v) is 7.51. The van der Waals surface area contributed by atoms with E-state index >= 15 is 0 Å². The molecule has 1 aromatic heterocycles. The molecular formula is C22H31N3O3. The first-order chi connectivity index (χ1) is 13.7. The number of para-hydroxylation sites is 1. The third-order valence-electron chi connectivity index (χ3n) is 5.45. The first-order valence-corrected chi connectivity index (χ1v) is 10.6. The molecule has 2 aromatic rings. The van der Waals surface area contributed by atoms with Crippen molar-refractivity contribution in [1.29, 1.82) is 0 Å². The highest BCUT2D eigenvalue weighted by Crippen LogP contribution is 2.24. The van der Waals surface area contributed by atoms with Gasteiger partial charge in [0, 0.05) is 25.6 Å². The van der Waals surface area contributed by atoms with Crippen LogP contribution in [0.1, 0.15) is 64.2 Å². The zero-order chi connectivity index (χ0) is 19.9. The first-order valence-electron chi connectivity index (χ1n) is 10.6. The summed E-state index contributed by atoms with van der Waals surface area (Å²) in [6.07, 6.45) is 6.04. The van der Waals surface area contributed by atoms with Gasteiger partial charge in [-0.25, -0.2) is 9.78 Å². The predicted molar refractivity (Wildman–Crippen MR) is 111 cm³/mol. The average Bonchev–Trinajstić information content (AvgIpc) is 2.72. The van der Waals surface area contributed by atoms with E-state index in [0.717, 1.165) is 56.3 Å². The molecule has 0 bridgehead atoms. The molecule has 0 spiro atoms. The maximum atomic E-state index is 13.2. The summed E-state index contributed by atoms with van der Waals surface area (Å²) in [7, 11) is 0. The summed E-state index contributed by atoms with van der Waals surface area (Å²) in [5.74, 6) is 0.870. The van der Waals surface area contributed by atoms with E-state index in [1.165, 1.54) is 0 Å². The lowest BCUT2D eigenvalue weighted by molar-refractivity contribution is 0.0869. The van der Waals surface area contributed by atoms with E-state index in [9.17, 15) is 9.59 Å². The van der Waals surface area contributed by atoms with E-state index in [-0.39, 0.29) is 17.7 Å². The van der Waals surface area contributed by atoms with Crippen LogP contribution in [0.2, 0.25) is 0 Å². The molecule has 3 rings (SSSR count). The summed E-state index contributed by atoms with van der Waals surface area (Å²) in [5.41, 5.74) is 0.812. The van der Waals surface area contributed by atoms with Crippen molar-refractivity contribution >= 4 is 17.0 Å². The second kappa shape index (κ2) is 9.71. The lowest BCUT2D eigenvalue weighted by Crippen LogP contribution is -2.42. The van der Waals surface area contributed by atoms with E-state index in [2.05, 4.69) is 13.8 Å². The zero-order valence-corrected chi connectivity index (χ0v) is 17.0. The Labute approximate surface area is 166 Å². The molecule has 0 saturated carbocycles. The minimum Gasteiger partial charge on any atom is -0.449 e. The van der Waals surface area contributed by atoms with E-state index in [1.54, 1.807) is 4.90 Å². The Balaban J connectivity index is 1.79. The van der Waals surface area contributed by atoms with Gasteiger partial charge in [-0.2, -0.15) is 0 Å². The van der Waals surface area contributed by atoms with E-state index in [4.69, 9.17) is 9.72 Å². The Morgan fingerprint density at radius 1 is 1.14 bits per heavy atom. The molecule has 0 unspecified atom stereocenters. The Kier molecular flexibility index (Phi) is 7.06. The Hall–Kier alpha value is -2.37. The molecule has 28 heavy (non-hydrogen) atoms. The summed E-state index contributed by atoms with van der Waals surface area (Å²) in [4.78, 5) is 32.0. The number of piperidine rings is 1. The number of benzene rings is 1. The number of likely N-dealkylation sites (tertiary alicyclic amines) is 1. The maximum Gasteiger partial charge on any atom is 0.409 e. The van der Waals surface area contributed by atoms with Gasteiger partial charge in [-0.05, 0) is 37.8 Å². The standard InChI is InChI=1S/C22H31N3O3/c1-3-5-11-20-23-19-10-8-7-9-18(19)21(26)25(20)17-12-14-24(15-13-17)22(27)28-16-6-4-2/h7-10,17H,3-6,11-16H2,1-2H3. The van der Waals surface area contributed by atoms with Gasteiger partial charge in [0.25, 0.3) is 5.56 Å². The second-order valence-electron chi connectivity index (χ2n) is 7.51. The highest BCUT2D eigenvalue weighted by atomic mass is 16.6. The largest absolute Gasteiger partial charge is 0.449 e. The van der Waals surface area contributed by atoms with Gasteiger partial charge in [0.2, 0.25) is 0 Å². The van der Waals surface area contributed by atoms with Crippen molar-refractivity contribution in [3.05, 3.63) is 40.4 Å². The van der Waals surface area contributed by atoms with Crippen molar-refractivity contribution in [2.24, 2.45) is 0 Å². The molecule has 1 fully saturated rings. The SMILES string of the molecule is CCCCOC(=O)N1CCC(n2c(CCCC)nc3ccccc3c2=O)CC1. The van der Waals surface area contributed by atoms with Crippen LogP contribution in [-0.4, -0.2) is 40.2 Å². The van der Waals surface area contributed by atoms with Crippen LogP contribution in [0.4, 0.5) is 4.79 Å². The van der Waals surface area contributed by atoms with Gasteiger partial charge < -0.3 is 9.64 Å². The lowest BCUT2D eigenvalue weighted by atomic mass is 10.0. The molecule has 0 aliphatic carbocycles. The molecule has 1 saturated heterocycles. The Morgan fingerprint density at radius 3 is 2.57 bits per heavy atom. The predicted octanol–water partition coefficient (Wildman–Crippen LogP) is 4.31. The van der Waals surface area contributed by atoms with Crippen LogP contribution in [0, 0.1) is 0 Å². The zero-order valence-electron chi connectivity index (χ0n) is 17.0. The lowest BCUT2D eigenvalue weighted by Gasteiger charge is -2.33. The van der Waals surface area contributed by atoms with Gasteiger partial charge in [0.1, 0.15) is 5.82 Å². The molecule has 1 amide bonds. The highest BCUT2D eigenvalue weighted by molar-refractivity contribution is 5.77. The van der Waals surface area contributed by atoms with Gasteiger partial charge in [0.05, 0.1) is 17.5 Å². The van der Waals surface area contributed by atoms with Crippen molar-refractivity contribution in [1.82, 2.24) is 14.5 Å². The summed E-state index contributed by atoms with van der Waals surface area (Å²) in [5, 5.41) is 0.671. The minimum atomic E-state index is -0.234. The fourth-order valence-electron chi connectivity index (χ4n) is 3.78. The number of nitrogens with zero attached hydrogens (tertiary/aromatic N) is 3. The number of rotatable bonds is 7. The van der Waals surface area contributed by atoms with E-state index < -0.39 is 0 Å². The highest BCUT2D eigenvalue weighted by Gasteiger charge is 2.27. The first kappa shape index (κ1) is 20.4. The summed E-state index contributed by atoms with van der Waals surface area (Å²) in [6, 6.07) is 7.65. The van der Waals surface area contributed by atoms with Crippen LogP contribution in [0.25, 0.3) is 10.9 Å². The van der Waals surface area contributed by atoms with E-state index in [1.807, 2.05) is 28.8 Å². The quantitative estimate of drug-likeness (QED) is 0.666. The fraction of sp³-hybridized carbons (Fsp3) is 0.591. The third-order valence-corrected chi connectivity index (χ3v) is 5.45. The van der Waals surface area contributed by atoms with Crippen molar-refractivity contribution in [2.75, 3.05) is 19.7 Å². The van der Waals surface area contributed by atoms with Crippen molar-refractivity contribution in [3.8, 4) is 0 Å². The molecular weight excluding hydrogens is 354 g/mol. The van der Waals surface area contributed by atoms with Gasteiger partial charge in [0.15, 0.2) is 0 Å². The fourth-order valence-corrected chi connectivity index (χ4v) is 3.78. The number of amides is 1. The molecule has 6 nitrogen and oxygen atoms in total. The summed E-state index contributed by atoms with van der Waals surface area (Å²) in [6.45, 7) is 5.92. The molecule has 1 aliphatic rings. The smallest absolute Gasteiger partial charge is 0.409 e. The number of aryl methyl sites for hydroxylation is 1. The van der Waals surface area contributed by atoms with Crippen LogP contribution in [0.3, 0.4) is 0 Å². The number of ether oxygens (including phenoxy) is 1. The molecule has 6 heteroatoms. The number of hydrogen-bond donors (Lipinski definition) is 0. The summed E-state index contributed by atoms with van der Waals surface area (Å²) >= 11 is 0. The van der Waals surface area contributed by atoms with Gasteiger partial charge in [-0.1, -0.05) is 38.8 Å². The third kappa shape index (κ3) is 4.54. The van der Waals surface area contributed by atoms with Crippen LogP contribution >= 0.6 is 0 Å². The van der Waals surface area contributed by atoms with E-state index in [0.29, 0.717) is 25.1 Å². The maximum absolute atomic E-state index is 13.2. The molecule has 1 aromatic carbocycles. The number of carbonyl (C=O) groups excluding carboxylic acids is 1. The average molecular weight is 386 g/mol. The van der Waals surface area contributed by atoms with Gasteiger partial charge in [-0.3, -0.25) is 9.36 Å². The Bertz CT molecular complexity index is 854. The van der Waals surface area contributed by atoms with Crippen molar-refractivity contribution in [2.45, 2.75) is 64.8 Å². The van der Waals surface area contributed by atoms with Gasteiger partial charge in [-0.15, -0.1) is 0 Å². The molecule has 0 N–H and O–H groups in total. The molecule has 2 heterocycles. The monoisotopic (exact) mass is 385 g/mol. The normalized spacial score (nSPS) is 15.1. The number of hydrogen-bond acceptors (Lipinski definition) is 4. The molecule has 0 atom stereocenters. The van der Waals surface area contributed by atoms with Crippen LogP contribution < -0.4 is 5.56 Å². The number of unbranched alkanes of at least 4 members (excludes halogenated alkanes) is 2. The van der Waals surface area contributed by atoms with Crippen molar-refractivity contribution < 1.29 is 9.53 Å².